The van der Waals surface area contributed by atoms with Crippen LogP contribution in [-0.4, -0.2) is 17.0 Å². The SMILES string of the molecule is NC1(C2CCSCC2)CC2CC2C1. The second-order valence-electron chi connectivity index (χ2n) is 5.28. The summed E-state index contributed by atoms with van der Waals surface area (Å²) in [5, 5.41) is 0. The highest BCUT2D eigenvalue weighted by Gasteiger charge is 2.54. The van der Waals surface area contributed by atoms with Crippen LogP contribution in [0, 0.1) is 17.8 Å². The van der Waals surface area contributed by atoms with E-state index in [1.54, 1.807) is 0 Å². The van der Waals surface area contributed by atoms with Crippen LogP contribution < -0.4 is 5.73 Å². The highest BCUT2D eigenvalue weighted by atomic mass is 32.2. The molecule has 0 aromatic rings. The van der Waals surface area contributed by atoms with E-state index in [1.807, 2.05) is 0 Å². The van der Waals surface area contributed by atoms with Crippen LogP contribution in [0.5, 0.6) is 0 Å². The van der Waals surface area contributed by atoms with E-state index in [2.05, 4.69) is 11.8 Å². The number of thioether (sulfide) groups is 1. The Labute approximate surface area is 84.8 Å². The lowest BCUT2D eigenvalue weighted by molar-refractivity contribution is 0.238. The second-order valence-corrected chi connectivity index (χ2v) is 6.51. The van der Waals surface area contributed by atoms with Gasteiger partial charge in [-0.25, -0.2) is 0 Å². The summed E-state index contributed by atoms with van der Waals surface area (Å²) in [6.45, 7) is 0. The number of hydrogen-bond donors (Lipinski definition) is 1. The molecule has 2 aliphatic carbocycles. The Morgan fingerprint density at radius 1 is 1.08 bits per heavy atom. The van der Waals surface area contributed by atoms with Crippen LogP contribution in [0.3, 0.4) is 0 Å². The Balaban J connectivity index is 1.68. The normalized spacial score (nSPS) is 50.5. The summed E-state index contributed by atoms with van der Waals surface area (Å²) in [6, 6.07) is 0. The molecule has 1 aliphatic heterocycles. The maximum absolute atomic E-state index is 6.55. The van der Waals surface area contributed by atoms with Crippen LogP contribution in [0.15, 0.2) is 0 Å². The molecular weight excluding hydrogens is 178 g/mol. The molecule has 0 aromatic heterocycles. The zero-order valence-electron chi connectivity index (χ0n) is 8.17. The van der Waals surface area contributed by atoms with Crippen molar-refractivity contribution >= 4 is 11.8 Å². The minimum absolute atomic E-state index is 0.272. The third-order valence-corrected chi connectivity index (χ3v) is 5.44. The van der Waals surface area contributed by atoms with E-state index in [-0.39, 0.29) is 5.54 Å². The fourth-order valence-corrected chi connectivity index (χ4v) is 4.58. The van der Waals surface area contributed by atoms with Crippen molar-refractivity contribution in [2.24, 2.45) is 23.5 Å². The van der Waals surface area contributed by atoms with Crippen LogP contribution in [0.1, 0.15) is 32.1 Å². The maximum Gasteiger partial charge on any atom is 0.0188 e. The summed E-state index contributed by atoms with van der Waals surface area (Å²) in [6.07, 6.45) is 6.99. The Bertz CT molecular complexity index is 200. The third kappa shape index (κ3) is 1.42. The minimum Gasteiger partial charge on any atom is -0.325 e. The highest BCUT2D eigenvalue weighted by molar-refractivity contribution is 7.99. The molecule has 0 radical (unpaired) electrons. The van der Waals surface area contributed by atoms with Crippen LogP contribution in [-0.2, 0) is 0 Å². The summed E-state index contributed by atoms with van der Waals surface area (Å²) < 4.78 is 0. The van der Waals surface area contributed by atoms with Gasteiger partial charge in [0.1, 0.15) is 0 Å². The van der Waals surface area contributed by atoms with Gasteiger partial charge in [0.15, 0.2) is 0 Å². The minimum atomic E-state index is 0.272. The average Bonchev–Trinajstić information content (AvgIpc) is 2.77. The van der Waals surface area contributed by atoms with E-state index >= 15 is 0 Å². The zero-order valence-corrected chi connectivity index (χ0v) is 8.98. The maximum atomic E-state index is 6.55. The summed E-state index contributed by atoms with van der Waals surface area (Å²) in [7, 11) is 0. The summed E-state index contributed by atoms with van der Waals surface area (Å²) in [5.74, 6) is 5.67. The fraction of sp³-hybridized carbons (Fsp3) is 1.00. The quantitative estimate of drug-likeness (QED) is 0.698. The van der Waals surface area contributed by atoms with E-state index in [0.29, 0.717) is 0 Å². The molecule has 0 spiro atoms. The molecular formula is C11H19NS. The first kappa shape index (κ1) is 8.60. The molecule has 13 heavy (non-hydrogen) atoms. The summed E-state index contributed by atoms with van der Waals surface area (Å²) >= 11 is 2.11. The third-order valence-electron chi connectivity index (χ3n) is 4.39. The number of fused-ring (bicyclic) bond motifs is 1. The van der Waals surface area contributed by atoms with Crippen molar-refractivity contribution in [2.45, 2.75) is 37.6 Å². The lowest BCUT2D eigenvalue weighted by Crippen LogP contribution is -2.47. The fourth-order valence-electron chi connectivity index (χ4n) is 3.48. The summed E-state index contributed by atoms with van der Waals surface area (Å²) in [5.41, 5.74) is 6.82. The molecule has 0 aromatic carbocycles. The zero-order chi connectivity index (χ0) is 8.89. The molecule has 3 aliphatic rings. The van der Waals surface area contributed by atoms with Crippen molar-refractivity contribution in [1.29, 1.82) is 0 Å². The topological polar surface area (TPSA) is 26.0 Å². The van der Waals surface area contributed by atoms with Crippen LogP contribution >= 0.6 is 11.8 Å². The van der Waals surface area contributed by atoms with Gasteiger partial charge >= 0.3 is 0 Å². The molecule has 2 heteroatoms. The largest absolute Gasteiger partial charge is 0.325 e. The summed E-state index contributed by atoms with van der Waals surface area (Å²) in [4.78, 5) is 0. The van der Waals surface area contributed by atoms with Gasteiger partial charge in [-0.1, -0.05) is 0 Å². The molecule has 0 bridgehead atoms. The highest BCUT2D eigenvalue weighted by Crippen LogP contribution is 2.58. The van der Waals surface area contributed by atoms with Gasteiger partial charge in [-0.2, -0.15) is 11.8 Å². The molecule has 1 heterocycles. The van der Waals surface area contributed by atoms with Gasteiger partial charge in [-0.3, -0.25) is 0 Å². The first-order chi connectivity index (χ1) is 6.28. The van der Waals surface area contributed by atoms with E-state index < -0.39 is 0 Å². The van der Waals surface area contributed by atoms with Gasteiger partial charge in [0, 0.05) is 5.54 Å². The average molecular weight is 197 g/mol. The molecule has 2 atom stereocenters. The molecule has 2 saturated carbocycles. The van der Waals surface area contributed by atoms with E-state index in [1.165, 1.54) is 43.6 Å². The van der Waals surface area contributed by atoms with Gasteiger partial charge in [-0.05, 0) is 61.4 Å². The Kier molecular flexibility index (Phi) is 1.92. The number of rotatable bonds is 1. The molecule has 2 unspecified atom stereocenters. The number of hydrogen-bond acceptors (Lipinski definition) is 2. The van der Waals surface area contributed by atoms with Crippen LogP contribution in [0.25, 0.3) is 0 Å². The Morgan fingerprint density at radius 3 is 2.31 bits per heavy atom. The molecule has 1 nitrogen and oxygen atoms in total. The van der Waals surface area contributed by atoms with Crippen LogP contribution in [0.2, 0.25) is 0 Å². The van der Waals surface area contributed by atoms with E-state index in [9.17, 15) is 0 Å². The predicted octanol–water partition coefficient (Wildman–Crippen LogP) is 2.26. The molecule has 3 rings (SSSR count). The monoisotopic (exact) mass is 197 g/mol. The lowest BCUT2D eigenvalue weighted by Gasteiger charge is -2.37. The van der Waals surface area contributed by atoms with Gasteiger partial charge in [0.05, 0.1) is 0 Å². The molecule has 1 saturated heterocycles. The second kappa shape index (κ2) is 2.90. The van der Waals surface area contributed by atoms with Gasteiger partial charge in [0.25, 0.3) is 0 Å². The molecule has 0 amide bonds. The number of nitrogens with two attached hydrogens (primary N) is 1. The molecule has 2 N–H and O–H groups in total. The van der Waals surface area contributed by atoms with E-state index in [0.717, 1.165) is 17.8 Å². The van der Waals surface area contributed by atoms with Gasteiger partial charge in [0.2, 0.25) is 0 Å². The van der Waals surface area contributed by atoms with Crippen LogP contribution in [0.4, 0.5) is 0 Å². The van der Waals surface area contributed by atoms with Crippen molar-refractivity contribution in [3.05, 3.63) is 0 Å². The predicted molar refractivity (Wildman–Crippen MR) is 57.8 cm³/mol. The first-order valence-electron chi connectivity index (χ1n) is 5.64. The van der Waals surface area contributed by atoms with Crippen molar-refractivity contribution in [3.63, 3.8) is 0 Å². The Hall–Kier alpha value is 0.310. The smallest absolute Gasteiger partial charge is 0.0188 e. The first-order valence-corrected chi connectivity index (χ1v) is 6.80. The van der Waals surface area contributed by atoms with Crippen molar-refractivity contribution in [3.8, 4) is 0 Å². The standard InChI is InChI=1S/C11H19NS/c12-11(6-8-5-9(8)7-11)10-1-3-13-4-2-10/h8-10H,1-7,12H2. The lowest BCUT2D eigenvalue weighted by atomic mass is 9.77. The molecule has 74 valence electrons. The van der Waals surface area contributed by atoms with Crippen molar-refractivity contribution < 1.29 is 0 Å². The van der Waals surface area contributed by atoms with E-state index in [4.69, 9.17) is 5.73 Å². The molecule has 3 fully saturated rings. The van der Waals surface area contributed by atoms with Gasteiger partial charge < -0.3 is 5.73 Å². The van der Waals surface area contributed by atoms with Gasteiger partial charge in [-0.15, -0.1) is 0 Å². The van der Waals surface area contributed by atoms with Crippen molar-refractivity contribution in [2.75, 3.05) is 11.5 Å². The Morgan fingerprint density at radius 2 is 1.69 bits per heavy atom. The van der Waals surface area contributed by atoms with Crippen molar-refractivity contribution in [1.82, 2.24) is 0 Å².